The number of nitrogens with zero attached hydrogens (tertiary/aromatic N) is 2. The van der Waals surface area contributed by atoms with Gasteiger partial charge in [-0.15, -0.1) is 0 Å². The number of anilines is 1. The van der Waals surface area contributed by atoms with E-state index in [1.807, 2.05) is 42.5 Å². The van der Waals surface area contributed by atoms with Gasteiger partial charge in [-0.25, -0.2) is 13.4 Å². The summed E-state index contributed by atoms with van der Waals surface area (Å²) in [6.45, 7) is 1.41. The van der Waals surface area contributed by atoms with Gasteiger partial charge in [0.25, 0.3) is 5.91 Å². The Morgan fingerprint density at radius 2 is 1.73 bits per heavy atom. The normalized spacial score (nSPS) is 14.9. The molecule has 0 aliphatic carbocycles. The number of fused-ring (bicyclic) bond motifs is 1. The lowest BCUT2D eigenvalue weighted by atomic mass is 10.1. The first-order valence-corrected chi connectivity index (χ1v) is 12.0. The first kappa shape index (κ1) is 21.3. The van der Waals surface area contributed by atoms with Crippen LogP contribution in [0.25, 0.3) is 22.4 Å². The second-order valence-corrected chi connectivity index (χ2v) is 9.62. The molecule has 1 aromatic heterocycles. The fraction of sp³-hybridized carbons (Fsp3) is 0.167. The van der Waals surface area contributed by atoms with Gasteiger partial charge in [-0.1, -0.05) is 24.3 Å². The molecule has 4 aromatic rings. The van der Waals surface area contributed by atoms with Crippen molar-refractivity contribution in [1.29, 1.82) is 0 Å². The lowest BCUT2D eigenvalue weighted by molar-refractivity contribution is 0.0730. The van der Waals surface area contributed by atoms with E-state index in [0.29, 0.717) is 43.4 Å². The Labute approximate surface area is 191 Å². The third-order valence-corrected chi connectivity index (χ3v) is 7.42. The van der Waals surface area contributed by atoms with E-state index < -0.39 is 10.0 Å². The third-order valence-electron chi connectivity index (χ3n) is 5.51. The van der Waals surface area contributed by atoms with Crippen LogP contribution in [0.1, 0.15) is 10.4 Å². The molecule has 1 fully saturated rings. The predicted molar refractivity (Wildman–Crippen MR) is 126 cm³/mol. The fourth-order valence-corrected chi connectivity index (χ4v) is 5.16. The molecule has 3 aromatic carbocycles. The molecule has 0 radical (unpaired) electrons. The number of imidazole rings is 1. The summed E-state index contributed by atoms with van der Waals surface area (Å²) in [5.41, 5.74) is 3.63. The number of aromatic nitrogens is 2. The standard InChI is InChI=1S/C24H22N4O4S/c29-24(17-8-10-20(11-9-17)33(30,31)28-12-14-32-15-13-28)25-19-5-3-4-18(16-19)23-26-21-6-1-2-7-22(21)27-23/h1-11,16H,12-15H2,(H,25,29)(H,26,27). The Bertz CT molecular complexity index is 1370. The summed E-state index contributed by atoms with van der Waals surface area (Å²) in [6.07, 6.45) is 0. The van der Waals surface area contributed by atoms with E-state index in [1.54, 1.807) is 6.07 Å². The van der Waals surface area contributed by atoms with Crippen molar-refractivity contribution in [3.05, 3.63) is 78.4 Å². The molecule has 0 spiro atoms. The molecule has 1 amide bonds. The second-order valence-electron chi connectivity index (χ2n) is 7.68. The van der Waals surface area contributed by atoms with Gasteiger partial charge in [0.1, 0.15) is 5.82 Å². The van der Waals surface area contributed by atoms with Crippen LogP contribution in [0.3, 0.4) is 0 Å². The smallest absolute Gasteiger partial charge is 0.255 e. The summed E-state index contributed by atoms with van der Waals surface area (Å²) in [7, 11) is -3.60. The molecule has 2 heterocycles. The Morgan fingerprint density at radius 1 is 0.970 bits per heavy atom. The molecule has 0 saturated carbocycles. The van der Waals surface area contributed by atoms with E-state index in [9.17, 15) is 13.2 Å². The van der Waals surface area contributed by atoms with E-state index >= 15 is 0 Å². The maximum Gasteiger partial charge on any atom is 0.255 e. The molecule has 5 rings (SSSR count). The van der Waals surface area contributed by atoms with Gasteiger partial charge >= 0.3 is 0 Å². The molecule has 0 unspecified atom stereocenters. The lowest BCUT2D eigenvalue weighted by Crippen LogP contribution is -2.40. The molecule has 33 heavy (non-hydrogen) atoms. The van der Waals surface area contributed by atoms with E-state index in [2.05, 4.69) is 15.3 Å². The van der Waals surface area contributed by atoms with Crippen molar-refractivity contribution in [3.63, 3.8) is 0 Å². The van der Waals surface area contributed by atoms with Gasteiger partial charge in [-0.2, -0.15) is 4.31 Å². The van der Waals surface area contributed by atoms with Gasteiger partial charge in [0.05, 0.1) is 29.1 Å². The highest BCUT2D eigenvalue weighted by Crippen LogP contribution is 2.24. The summed E-state index contributed by atoms with van der Waals surface area (Å²) in [5, 5.41) is 2.87. The van der Waals surface area contributed by atoms with Crippen LogP contribution in [0.2, 0.25) is 0 Å². The van der Waals surface area contributed by atoms with Crippen LogP contribution >= 0.6 is 0 Å². The number of morpholine rings is 1. The van der Waals surface area contributed by atoms with Crippen LogP contribution in [0.5, 0.6) is 0 Å². The van der Waals surface area contributed by atoms with Gasteiger partial charge in [0, 0.05) is 29.9 Å². The van der Waals surface area contributed by atoms with Crippen molar-refractivity contribution in [3.8, 4) is 11.4 Å². The number of sulfonamides is 1. The number of hydrogen-bond acceptors (Lipinski definition) is 5. The highest BCUT2D eigenvalue weighted by atomic mass is 32.2. The van der Waals surface area contributed by atoms with Crippen LogP contribution in [0, 0.1) is 0 Å². The Morgan fingerprint density at radius 3 is 2.48 bits per heavy atom. The van der Waals surface area contributed by atoms with Gasteiger partial charge in [-0.05, 0) is 48.5 Å². The van der Waals surface area contributed by atoms with Gasteiger partial charge in [0.2, 0.25) is 10.0 Å². The number of ether oxygens (including phenoxy) is 1. The molecular formula is C24H22N4O4S. The summed E-state index contributed by atoms with van der Waals surface area (Å²) in [5.74, 6) is 0.386. The average Bonchev–Trinajstić information content (AvgIpc) is 3.29. The van der Waals surface area contributed by atoms with E-state index in [0.717, 1.165) is 16.6 Å². The lowest BCUT2D eigenvalue weighted by Gasteiger charge is -2.26. The molecular weight excluding hydrogens is 440 g/mol. The Balaban J connectivity index is 1.32. The van der Waals surface area contributed by atoms with Crippen molar-refractivity contribution < 1.29 is 17.9 Å². The molecule has 2 N–H and O–H groups in total. The van der Waals surface area contributed by atoms with Crippen LogP contribution in [-0.4, -0.2) is 54.9 Å². The Kier molecular flexibility index (Phi) is 5.67. The topological polar surface area (TPSA) is 104 Å². The first-order valence-electron chi connectivity index (χ1n) is 10.6. The van der Waals surface area contributed by atoms with Crippen LogP contribution in [-0.2, 0) is 14.8 Å². The van der Waals surface area contributed by atoms with Crippen molar-refractivity contribution in [1.82, 2.24) is 14.3 Å². The minimum absolute atomic E-state index is 0.160. The zero-order chi connectivity index (χ0) is 22.8. The van der Waals surface area contributed by atoms with Crippen LogP contribution < -0.4 is 5.32 Å². The summed E-state index contributed by atoms with van der Waals surface area (Å²) >= 11 is 0. The van der Waals surface area contributed by atoms with E-state index in [1.165, 1.54) is 28.6 Å². The van der Waals surface area contributed by atoms with Gasteiger partial charge in [0.15, 0.2) is 0 Å². The maximum atomic E-state index is 12.8. The number of amides is 1. The first-order chi connectivity index (χ1) is 16.0. The molecule has 1 aliphatic heterocycles. The molecule has 0 bridgehead atoms. The largest absolute Gasteiger partial charge is 0.379 e. The predicted octanol–water partition coefficient (Wildman–Crippen LogP) is 3.50. The number of aromatic amines is 1. The number of hydrogen-bond donors (Lipinski definition) is 2. The minimum Gasteiger partial charge on any atom is -0.379 e. The zero-order valence-electron chi connectivity index (χ0n) is 17.7. The van der Waals surface area contributed by atoms with Gasteiger partial charge in [-0.3, -0.25) is 4.79 Å². The number of carbonyl (C=O) groups excluding carboxylic acids is 1. The number of H-pyrrole nitrogens is 1. The molecule has 0 atom stereocenters. The number of benzene rings is 3. The maximum absolute atomic E-state index is 12.8. The van der Waals surface area contributed by atoms with Crippen molar-refractivity contribution in [2.45, 2.75) is 4.90 Å². The van der Waals surface area contributed by atoms with Gasteiger partial charge < -0.3 is 15.0 Å². The third kappa shape index (κ3) is 4.38. The Hall–Kier alpha value is -3.53. The van der Waals surface area contributed by atoms with Crippen molar-refractivity contribution in [2.75, 3.05) is 31.6 Å². The zero-order valence-corrected chi connectivity index (χ0v) is 18.5. The molecule has 9 heteroatoms. The van der Waals surface area contributed by atoms with Crippen LogP contribution in [0.15, 0.2) is 77.7 Å². The number of para-hydroxylation sites is 2. The number of carbonyl (C=O) groups is 1. The number of nitrogens with one attached hydrogen (secondary N) is 2. The molecule has 8 nitrogen and oxygen atoms in total. The minimum atomic E-state index is -3.60. The summed E-state index contributed by atoms with van der Waals surface area (Å²) in [6, 6.07) is 21.1. The van der Waals surface area contributed by atoms with Crippen molar-refractivity contribution >= 4 is 32.7 Å². The van der Waals surface area contributed by atoms with Crippen molar-refractivity contribution in [2.24, 2.45) is 0 Å². The second kappa shape index (κ2) is 8.78. The fourth-order valence-electron chi connectivity index (χ4n) is 3.75. The molecule has 168 valence electrons. The summed E-state index contributed by atoms with van der Waals surface area (Å²) < 4.78 is 32.1. The number of rotatable bonds is 5. The monoisotopic (exact) mass is 462 g/mol. The van der Waals surface area contributed by atoms with Crippen LogP contribution in [0.4, 0.5) is 5.69 Å². The average molecular weight is 463 g/mol. The molecule has 1 saturated heterocycles. The SMILES string of the molecule is O=C(Nc1cccc(-c2nc3ccccc3[nH]2)c1)c1ccc(S(=O)(=O)N2CCOCC2)cc1. The quantitative estimate of drug-likeness (QED) is 0.472. The van der Waals surface area contributed by atoms with E-state index in [4.69, 9.17) is 4.74 Å². The molecule has 1 aliphatic rings. The van der Waals surface area contributed by atoms with E-state index in [-0.39, 0.29) is 10.8 Å². The summed E-state index contributed by atoms with van der Waals surface area (Å²) in [4.78, 5) is 20.8. The highest BCUT2D eigenvalue weighted by molar-refractivity contribution is 7.89. The highest BCUT2D eigenvalue weighted by Gasteiger charge is 2.26.